The fourth-order valence-electron chi connectivity index (χ4n) is 2.68. The minimum Gasteiger partial charge on any atom is -0.381 e. The molecule has 22 heavy (non-hydrogen) atoms. The van der Waals surface area contributed by atoms with E-state index in [-0.39, 0.29) is 5.91 Å². The molecule has 0 unspecified atom stereocenters. The van der Waals surface area contributed by atoms with Crippen molar-refractivity contribution < 1.29 is 9.53 Å². The van der Waals surface area contributed by atoms with Gasteiger partial charge in [0.15, 0.2) is 0 Å². The molecule has 0 radical (unpaired) electrons. The van der Waals surface area contributed by atoms with Crippen LogP contribution >= 0.6 is 0 Å². The summed E-state index contributed by atoms with van der Waals surface area (Å²) < 4.78 is 5.31. The second-order valence-electron chi connectivity index (χ2n) is 5.93. The maximum atomic E-state index is 11.7. The molecule has 120 valence electrons. The number of allylic oxidation sites excluding steroid dienone is 1. The molecule has 0 aromatic heterocycles. The Hall–Kier alpha value is -1.61. The molecule has 0 saturated carbocycles. The van der Waals surface area contributed by atoms with Crippen LogP contribution in [0, 0.1) is 5.92 Å². The average Bonchev–Trinajstić information content (AvgIpc) is 2.58. The van der Waals surface area contributed by atoms with Gasteiger partial charge in [-0.3, -0.25) is 4.79 Å². The van der Waals surface area contributed by atoms with Crippen LogP contribution in [-0.4, -0.2) is 25.7 Å². The van der Waals surface area contributed by atoms with Gasteiger partial charge in [0.1, 0.15) is 0 Å². The van der Waals surface area contributed by atoms with Gasteiger partial charge in [0.2, 0.25) is 5.91 Å². The van der Waals surface area contributed by atoms with Crippen molar-refractivity contribution in [2.24, 2.45) is 5.92 Å². The van der Waals surface area contributed by atoms with E-state index in [9.17, 15) is 4.79 Å². The summed E-state index contributed by atoms with van der Waals surface area (Å²) in [4.78, 5) is 11.7. The summed E-state index contributed by atoms with van der Waals surface area (Å²) in [6.45, 7) is 2.44. The Morgan fingerprint density at radius 3 is 2.73 bits per heavy atom. The summed E-state index contributed by atoms with van der Waals surface area (Å²) in [5.74, 6) is 0.617. The van der Waals surface area contributed by atoms with Crippen LogP contribution < -0.4 is 5.32 Å². The zero-order valence-corrected chi connectivity index (χ0v) is 13.3. The van der Waals surface area contributed by atoms with Crippen LogP contribution in [-0.2, 0) is 16.0 Å². The number of aryl methyl sites for hydroxylation is 1. The molecule has 0 bridgehead atoms. The number of amides is 1. The highest BCUT2D eigenvalue weighted by Gasteiger charge is 2.13. The Kier molecular flexibility index (Phi) is 7.75. The number of nitrogens with one attached hydrogen (secondary N) is 1. The summed E-state index contributed by atoms with van der Waals surface area (Å²) in [6.07, 6.45) is 10.2. The SMILES string of the molecule is O=C(C=CCCCCc1ccccc1)NCC1CCOCC1. The molecule has 1 N–H and O–H groups in total. The Morgan fingerprint density at radius 1 is 1.18 bits per heavy atom. The van der Waals surface area contributed by atoms with E-state index in [0.717, 1.165) is 58.3 Å². The predicted octanol–water partition coefficient (Wildman–Crippen LogP) is 3.50. The van der Waals surface area contributed by atoms with Gasteiger partial charge in [-0.05, 0) is 56.1 Å². The first kappa shape index (κ1) is 16.8. The lowest BCUT2D eigenvalue weighted by Gasteiger charge is -2.21. The lowest BCUT2D eigenvalue weighted by molar-refractivity contribution is -0.116. The largest absolute Gasteiger partial charge is 0.381 e. The molecule has 1 heterocycles. The fourth-order valence-corrected chi connectivity index (χ4v) is 2.68. The summed E-state index contributed by atoms with van der Waals surface area (Å²) >= 11 is 0. The van der Waals surface area contributed by atoms with Crippen LogP contribution in [0.2, 0.25) is 0 Å². The molecule has 1 saturated heterocycles. The monoisotopic (exact) mass is 301 g/mol. The predicted molar refractivity (Wildman–Crippen MR) is 89.7 cm³/mol. The summed E-state index contributed by atoms with van der Waals surface area (Å²) in [5, 5.41) is 2.99. The molecule has 2 rings (SSSR count). The van der Waals surface area contributed by atoms with Crippen molar-refractivity contribution in [2.75, 3.05) is 19.8 Å². The average molecular weight is 301 g/mol. The maximum Gasteiger partial charge on any atom is 0.243 e. The summed E-state index contributed by atoms with van der Waals surface area (Å²) in [6, 6.07) is 10.5. The third-order valence-electron chi connectivity index (χ3n) is 4.10. The maximum absolute atomic E-state index is 11.7. The lowest BCUT2D eigenvalue weighted by atomic mass is 10.0. The van der Waals surface area contributed by atoms with Gasteiger partial charge in [0, 0.05) is 19.8 Å². The first-order valence-corrected chi connectivity index (χ1v) is 8.40. The normalized spacial score (nSPS) is 16.0. The highest BCUT2D eigenvalue weighted by Crippen LogP contribution is 2.13. The summed E-state index contributed by atoms with van der Waals surface area (Å²) in [7, 11) is 0. The first-order chi connectivity index (χ1) is 10.8. The van der Waals surface area contributed by atoms with Crippen molar-refractivity contribution in [3.63, 3.8) is 0 Å². The van der Waals surface area contributed by atoms with Crippen LogP contribution in [0.1, 0.15) is 37.7 Å². The van der Waals surface area contributed by atoms with Gasteiger partial charge >= 0.3 is 0 Å². The molecular formula is C19H27NO2. The lowest BCUT2D eigenvalue weighted by Crippen LogP contribution is -2.31. The van der Waals surface area contributed by atoms with E-state index >= 15 is 0 Å². The molecular weight excluding hydrogens is 274 g/mol. The molecule has 1 fully saturated rings. The highest BCUT2D eigenvalue weighted by atomic mass is 16.5. The van der Waals surface area contributed by atoms with Crippen LogP contribution in [0.3, 0.4) is 0 Å². The van der Waals surface area contributed by atoms with Gasteiger partial charge in [-0.15, -0.1) is 0 Å². The molecule has 1 aliphatic heterocycles. The van der Waals surface area contributed by atoms with Crippen molar-refractivity contribution in [3.05, 3.63) is 48.0 Å². The Morgan fingerprint density at radius 2 is 1.95 bits per heavy atom. The van der Waals surface area contributed by atoms with E-state index in [4.69, 9.17) is 4.74 Å². The molecule has 1 aromatic carbocycles. The van der Waals surface area contributed by atoms with E-state index in [1.165, 1.54) is 5.56 Å². The molecule has 0 aliphatic carbocycles. The number of hydrogen-bond acceptors (Lipinski definition) is 2. The number of carbonyl (C=O) groups excluding carboxylic acids is 1. The molecule has 0 spiro atoms. The minimum atomic E-state index is 0.0366. The van der Waals surface area contributed by atoms with Crippen LogP contribution in [0.25, 0.3) is 0 Å². The number of rotatable bonds is 8. The third-order valence-corrected chi connectivity index (χ3v) is 4.10. The van der Waals surface area contributed by atoms with Gasteiger partial charge < -0.3 is 10.1 Å². The van der Waals surface area contributed by atoms with Crippen LogP contribution in [0.15, 0.2) is 42.5 Å². The number of hydrogen-bond donors (Lipinski definition) is 1. The Bertz CT molecular complexity index is 450. The molecule has 0 atom stereocenters. The zero-order chi connectivity index (χ0) is 15.5. The second-order valence-corrected chi connectivity index (χ2v) is 5.93. The van der Waals surface area contributed by atoms with Crippen LogP contribution in [0.5, 0.6) is 0 Å². The van der Waals surface area contributed by atoms with E-state index in [1.54, 1.807) is 6.08 Å². The van der Waals surface area contributed by atoms with E-state index in [2.05, 4.69) is 29.6 Å². The van der Waals surface area contributed by atoms with Crippen molar-refractivity contribution in [2.45, 2.75) is 38.5 Å². The summed E-state index contributed by atoms with van der Waals surface area (Å²) in [5.41, 5.74) is 1.39. The number of benzene rings is 1. The van der Waals surface area contributed by atoms with Gasteiger partial charge in [-0.2, -0.15) is 0 Å². The molecule has 3 nitrogen and oxygen atoms in total. The highest BCUT2D eigenvalue weighted by molar-refractivity contribution is 5.87. The quantitative estimate of drug-likeness (QED) is 0.589. The number of carbonyl (C=O) groups is 1. The van der Waals surface area contributed by atoms with Crippen molar-refractivity contribution in [1.29, 1.82) is 0 Å². The topological polar surface area (TPSA) is 38.3 Å². The van der Waals surface area contributed by atoms with Crippen molar-refractivity contribution in [1.82, 2.24) is 5.32 Å². The minimum absolute atomic E-state index is 0.0366. The van der Waals surface area contributed by atoms with E-state index in [1.807, 2.05) is 12.1 Å². The van der Waals surface area contributed by atoms with Gasteiger partial charge in [-0.25, -0.2) is 0 Å². The van der Waals surface area contributed by atoms with Gasteiger partial charge in [-0.1, -0.05) is 36.4 Å². The Labute approximate surface area is 133 Å². The standard InChI is InChI=1S/C19H27NO2/c21-19(20-16-18-12-14-22-15-13-18)11-7-2-1-4-8-17-9-5-3-6-10-17/h3,5-7,9-11,18H,1-2,4,8,12-16H2,(H,20,21). The van der Waals surface area contributed by atoms with Gasteiger partial charge in [0.05, 0.1) is 0 Å². The second kappa shape index (κ2) is 10.2. The molecule has 1 aromatic rings. The van der Waals surface area contributed by atoms with Crippen molar-refractivity contribution in [3.8, 4) is 0 Å². The molecule has 3 heteroatoms. The fraction of sp³-hybridized carbons (Fsp3) is 0.526. The zero-order valence-electron chi connectivity index (χ0n) is 13.3. The molecule has 1 amide bonds. The smallest absolute Gasteiger partial charge is 0.243 e. The number of ether oxygens (including phenoxy) is 1. The Balaban J connectivity index is 1.50. The third kappa shape index (κ3) is 6.90. The molecule has 1 aliphatic rings. The van der Waals surface area contributed by atoms with E-state index in [0.29, 0.717) is 5.92 Å². The van der Waals surface area contributed by atoms with Crippen LogP contribution in [0.4, 0.5) is 0 Å². The van der Waals surface area contributed by atoms with Crippen molar-refractivity contribution >= 4 is 5.91 Å². The number of unbranched alkanes of at least 4 members (excludes halogenated alkanes) is 2. The van der Waals surface area contributed by atoms with E-state index < -0.39 is 0 Å². The van der Waals surface area contributed by atoms with Gasteiger partial charge in [0.25, 0.3) is 0 Å². The first-order valence-electron chi connectivity index (χ1n) is 8.40.